The number of hydrogen-bond acceptors (Lipinski definition) is 3. The average Bonchev–Trinajstić information content (AvgIpc) is 3.43. The number of benzene rings is 2. The van der Waals surface area contributed by atoms with E-state index in [1.807, 2.05) is 12.1 Å². The number of amides is 2. The molecule has 148 valence electrons. The van der Waals surface area contributed by atoms with Gasteiger partial charge < -0.3 is 10.2 Å². The molecule has 28 heavy (non-hydrogen) atoms. The standard InChI is InChI=1S/C21H25N3O3S/c1-24(20-13-8-16-4-2-3-5-19(16)20)21(25)23-17-9-11-18(12-10-17)28(26,27)22-14-15-6-7-15/h2-5,9-12,15,20,22H,6-8,13-14H2,1H3,(H,23,25). The Kier molecular flexibility index (Phi) is 5.12. The maximum atomic E-state index is 12.7. The second-order valence-electron chi connectivity index (χ2n) is 7.61. The smallest absolute Gasteiger partial charge is 0.321 e. The van der Waals surface area contributed by atoms with Gasteiger partial charge in [0, 0.05) is 19.3 Å². The lowest BCUT2D eigenvalue weighted by molar-refractivity contribution is 0.204. The third-order valence-electron chi connectivity index (χ3n) is 5.56. The van der Waals surface area contributed by atoms with Crippen LogP contribution in [-0.2, 0) is 16.4 Å². The first-order valence-corrected chi connectivity index (χ1v) is 11.1. The molecule has 2 N–H and O–H groups in total. The van der Waals surface area contributed by atoms with E-state index in [9.17, 15) is 13.2 Å². The molecule has 1 atom stereocenters. The third-order valence-corrected chi connectivity index (χ3v) is 7.00. The molecule has 0 bridgehead atoms. The summed E-state index contributed by atoms with van der Waals surface area (Å²) in [4.78, 5) is 14.6. The number of carbonyl (C=O) groups is 1. The van der Waals surface area contributed by atoms with Crippen molar-refractivity contribution in [3.63, 3.8) is 0 Å². The van der Waals surface area contributed by atoms with E-state index in [0.717, 1.165) is 25.7 Å². The molecule has 6 nitrogen and oxygen atoms in total. The normalized spacial score (nSPS) is 18.5. The van der Waals surface area contributed by atoms with Crippen LogP contribution < -0.4 is 10.0 Å². The van der Waals surface area contributed by atoms with Crippen molar-refractivity contribution in [2.45, 2.75) is 36.6 Å². The molecule has 2 aliphatic rings. The Morgan fingerprint density at radius 2 is 1.79 bits per heavy atom. The number of anilines is 1. The zero-order chi connectivity index (χ0) is 19.7. The summed E-state index contributed by atoms with van der Waals surface area (Å²) in [6.07, 6.45) is 4.06. The minimum atomic E-state index is -3.50. The molecule has 0 heterocycles. The largest absolute Gasteiger partial charge is 0.322 e. The number of sulfonamides is 1. The maximum Gasteiger partial charge on any atom is 0.322 e. The van der Waals surface area contributed by atoms with Crippen molar-refractivity contribution >= 4 is 21.7 Å². The molecule has 2 aromatic carbocycles. The number of nitrogens with one attached hydrogen (secondary N) is 2. The highest BCUT2D eigenvalue weighted by Crippen LogP contribution is 2.35. The number of urea groups is 1. The summed E-state index contributed by atoms with van der Waals surface area (Å²) in [6, 6.07) is 14.4. The van der Waals surface area contributed by atoms with E-state index in [-0.39, 0.29) is 17.0 Å². The minimum Gasteiger partial charge on any atom is -0.321 e. The van der Waals surface area contributed by atoms with Gasteiger partial charge in [-0.15, -0.1) is 0 Å². The van der Waals surface area contributed by atoms with E-state index in [2.05, 4.69) is 22.2 Å². The van der Waals surface area contributed by atoms with Crippen LogP contribution >= 0.6 is 0 Å². The van der Waals surface area contributed by atoms with Gasteiger partial charge in [0.25, 0.3) is 0 Å². The molecule has 0 radical (unpaired) electrons. The van der Waals surface area contributed by atoms with Crippen LogP contribution in [0, 0.1) is 5.92 Å². The Morgan fingerprint density at radius 3 is 2.50 bits per heavy atom. The Balaban J connectivity index is 1.39. The van der Waals surface area contributed by atoms with Gasteiger partial charge in [0.2, 0.25) is 10.0 Å². The molecule has 0 saturated heterocycles. The Bertz CT molecular complexity index is 969. The molecule has 0 spiro atoms. The van der Waals surface area contributed by atoms with Crippen molar-refractivity contribution < 1.29 is 13.2 Å². The van der Waals surface area contributed by atoms with Crippen molar-refractivity contribution in [3.05, 3.63) is 59.7 Å². The summed E-state index contributed by atoms with van der Waals surface area (Å²) in [5.41, 5.74) is 3.06. The van der Waals surface area contributed by atoms with Crippen molar-refractivity contribution in [1.29, 1.82) is 0 Å². The minimum absolute atomic E-state index is 0.0578. The quantitative estimate of drug-likeness (QED) is 0.780. The summed E-state index contributed by atoms with van der Waals surface area (Å²) in [5, 5.41) is 2.86. The van der Waals surface area contributed by atoms with E-state index in [1.165, 1.54) is 23.3 Å². The first kappa shape index (κ1) is 19.0. The summed E-state index contributed by atoms with van der Waals surface area (Å²) in [7, 11) is -1.70. The van der Waals surface area contributed by atoms with Gasteiger partial charge in [-0.2, -0.15) is 0 Å². The number of aryl methyl sites for hydroxylation is 1. The highest BCUT2D eigenvalue weighted by molar-refractivity contribution is 7.89. The molecule has 4 rings (SSSR count). The number of rotatable bonds is 6. The van der Waals surface area contributed by atoms with Crippen LogP contribution in [0.1, 0.15) is 36.4 Å². The van der Waals surface area contributed by atoms with Crippen LogP contribution in [0.15, 0.2) is 53.4 Å². The topological polar surface area (TPSA) is 78.5 Å². The van der Waals surface area contributed by atoms with Crippen LogP contribution in [0.4, 0.5) is 10.5 Å². The van der Waals surface area contributed by atoms with Crippen molar-refractivity contribution in [3.8, 4) is 0 Å². The summed E-state index contributed by atoms with van der Waals surface area (Å²) < 4.78 is 27.2. The van der Waals surface area contributed by atoms with Crippen LogP contribution in [0.5, 0.6) is 0 Å². The van der Waals surface area contributed by atoms with Crippen molar-refractivity contribution in [2.24, 2.45) is 5.92 Å². The first-order chi connectivity index (χ1) is 13.4. The summed E-state index contributed by atoms with van der Waals surface area (Å²) >= 11 is 0. The molecule has 0 aromatic heterocycles. The lowest BCUT2D eigenvalue weighted by Gasteiger charge is -2.25. The van der Waals surface area contributed by atoms with Crippen molar-refractivity contribution in [2.75, 3.05) is 18.9 Å². The Hall–Kier alpha value is -2.38. The fourth-order valence-corrected chi connectivity index (χ4v) is 4.76. The SMILES string of the molecule is CN(C(=O)Nc1ccc(S(=O)(=O)NCC2CC2)cc1)C1CCc2ccccc21. The second-order valence-corrected chi connectivity index (χ2v) is 9.38. The molecule has 0 aliphatic heterocycles. The lowest BCUT2D eigenvalue weighted by atomic mass is 10.1. The van der Waals surface area contributed by atoms with E-state index in [4.69, 9.17) is 0 Å². The highest BCUT2D eigenvalue weighted by Gasteiger charge is 2.28. The number of nitrogens with zero attached hydrogens (tertiary/aromatic N) is 1. The predicted molar refractivity (Wildman–Crippen MR) is 109 cm³/mol. The number of fused-ring (bicyclic) bond motifs is 1. The predicted octanol–water partition coefficient (Wildman–Crippen LogP) is 3.53. The van der Waals surface area contributed by atoms with Gasteiger partial charge in [0.15, 0.2) is 0 Å². The molecular formula is C21H25N3O3S. The molecule has 2 aromatic rings. The first-order valence-electron chi connectivity index (χ1n) is 9.65. The molecule has 2 aliphatic carbocycles. The van der Waals surface area contributed by atoms with Gasteiger partial charge in [0.05, 0.1) is 10.9 Å². The zero-order valence-electron chi connectivity index (χ0n) is 15.9. The van der Waals surface area contributed by atoms with Crippen molar-refractivity contribution in [1.82, 2.24) is 9.62 Å². The van der Waals surface area contributed by atoms with Crippen LogP contribution in [-0.4, -0.2) is 32.9 Å². The van der Waals surface area contributed by atoms with Gasteiger partial charge in [-0.25, -0.2) is 17.9 Å². The van der Waals surface area contributed by atoms with E-state index in [1.54, 1.807) is 24.1 Å². The second kappa shape index (κ2) is 7.56. The molecule has 1 saturated carbocycles. The fraction of sp³-hybridized carbons (Fsp3) is 0.381. The zero-order valence-corrected chi connectivity index (χ0v) is 16.7. The van der Waals surface area contributed by atoms with Gasteiger partial charge in [-0.3, -0.25) is 0 Å². The monoisotopic (exact) mass is 399 g/mol. The van der Waals surface area contributed by atoms with Crippen LogP contribution in [0.25, 0.3) is 0 Å². The van der Waals surface area contributed by atoms with E-state index in [0.29, 0.717) is 18.2 Å². The molecular weight excluding hydrogens is 374 g/mol. The van der Waals surface area contributed by atoms with E-state index < -0.39 is 10.0 Å². The summed E-state index contributed by atoms with van der Waals surface area (Å²) in [6.45, 7) is 0.495. The van der Waals surface area contributed by atoms with Crippen LogP contribution in [0.3, 0.4) is 0 Å². The molecule has 7 heteroatoms. The van der Waals surface area contributed by atoms with E-state index >= 15 is 0 Å². The highest BCUT2D eigenvalue weighted by atomic mass is 32.2. The Morgan fingerprint density at radius 1 is 1.07 bits per heavy atom. The van der Waals surface area contributed by atoms with Gasteiger partial charge >= 0.3 is 6.03 Å². The van der Waals surface area contributed by atoms with Gasteiger partial charge in [-0.1, -0.05) is 24.3 Å². The molecule has 1 unspecified atom stereocenters. The third kappa shape index (κ3) is 4.05. The number of hydrogen-bond donors (Lipinski definition) is 2. The fourth-order valence-electron chi connectivity index (χ4n) is 3.64. The van der Waals surface area contributed by atoms with Gasteiger partial charge in [-0.05, 0) is 67.0 Å². The maximum absolute atomic E-state index is 12.7. The molecule has 1 fully saturated rings. The molecule has 2 amide bonds. The lowest BCUT2D eigenvalue weighted by Crippen LogP contribution is -2.34. The van der Waals surface area contributed by atoms with Gasteiger partial charge in [0.1, 0.15) is 0 Å². The Labute approximate surface area is 166 Å². The number of carbonyl (C=O) groups excluding carboxylic acids is 1. The average molecular weight is 400 g/mol. The summed E-state index contributed by atoms with van der Waals surface area (Å²) in [5.74, 6) is 0.476. The van der Waals surface area contributed by atoms with Crippen LogP contribution in [0.2, 0.25) is 0 Å².